The molecule has 3 nitrogen and oxygen atoms in total. The molecular formula is C33H20IrN3-. The van der Waals surface area contributed by atoms with E-state index < -0.39 is 0 Å². The fourth-order valence-electron chi connectivity index (χ4n) is 5.69. The third-order valence-electron chi connectivity index (χ3n) is 7.28. The van der Waals surface area contributed by atoms with Crippen LogP contribution in [0.15, 0.2) is 121 Å². The van der Waals surface area contributed by atoms with Gasteiger partial charge in [0, 0.05) is 42.8 Å². The van der Waals surface area contributed by atoms with Gasteiger partial charge in [-0.1, -0.05) is 83.7 Å². The van der Waals surface area contributed by atoms with Gasteiger partial charge in [-0.15, -0.1) is 10.9 Å². The predicted octanol–water partition coefficient (Wildman–Crippen LogP) is 8.20. The molecule has 0 N–H and O–H groups in total. The van der Waals surface area contributed by atoms with Crippen molar-refractivity contribution >= 4 is 49.0 Å². The van der Waals surface area contributed by atoms with E-state index in [1.54, 1.807) is 0 Å². The Morgan fingerprint density at radius 1 is 0.541 bits per heavy atom. The van der Waals surface area contributed by atoms with Gasteiger partial charge in [0.15, 0.2) is 0 Å². The molecule has 0 saturated heterocycles. The molecule has 0 aliphatic heterocycles. The first-order valence-corrected chi connectivity index (χ1v) is 12.2. The van der Waals surface area contributed by atoms with Crippen molar-refractivity contribution in [3.63, 3.8) is 0 Å². The summed E-state index contributed by atoms with van der Waals surface area (Å²) in [6, 6.07) is 44.6. The van der Waals surface area contributed by atoms with Crippen LogP contribution in [0.1, 0.15) is 0 Å². The quantitative estimate of drug-likeness (QED) is 0.137. The van der Waals surface area contributed by atoms with Crippen LogP contribution in [0.5, 0.6) is 0 Å². The number of hydrogen-bond donors (Lipinski definition) is 0. The van der Waals surface area contributed by atoms with E-state index in [4.69, 9.17) is 0 Å². The maximum atomic E-state index is 4.59. The average Bonchev–Trinajstić information content (AvgIpc) is 3.57. The molecule has 0 unspecified atom stereocenters. The van der Waals surface area contributed by atoms with Gasteiger partial charge < -0.3 is 4.57 Å². The Bertz CT molecular complexity index is 2060. The smallest absolute Gasteiger partial charge is 0.0711 e. The Morgan fingerprint density at radius 3 is 1.92 bits per heavy atom. The number of hydrogen-bond acceptors (Lipinski definition) is 1. The monoisotopic (exact) mass is 651 g/mol. The zero-order valence-electron chi connectivity index (χ0n) is 19.7. The third kappa shape index (κ3) is 3.20. The number of pyridine rings is 1. The fourth-order valence-corrected chi connectivity index (χ4v) is 5.69. The first-order valence-electron chi connectivity index (χ1n) is 12.2. The van der Waals surface area contributed by atoms with Gasteiger partial charge >= 0.3 is 0 Å². The standard InChI is InChI=1S/C33H20N3.Ir/c1-2-11-26-25(10-1)29-21-23(16-17-32(29)36-33(26)18-19-34-36)22-8-7-9-24(20-22)35-30-14-5-3-12-27(30)28-13-4-6-15-31(28)35;/h1-16,18-21H;/q-1;. The number of para-hydroxylation sites is 2. The van der Waals surface area contributed by atoms with Crippen molar-refractivity contribution in [3.05, 3.63) is 128 Å². The van der Waals surface area contributed by atoms with Gasteiger partial charge in [-0.05, 0) is 41.2 Å². The molecule has 177 valence electrons. The molecule has 1 radical (unpaired) electrons. The van der Waals surface area contributed by atoms with E-state index in [2.05, 4.69) is 131 Å². The van der Waals surface area contributed by atoms with E-state index in [0.717, 1.165) is 33.2 Å². The normalized spacial score (nSPS) is 11.6. The van der Waals surface area contributed by atoms with Crippen molar-refractivity contribution in [2.45, 2.75) is 0 Å². The van der Waals surface area contributed by atoms with E-state index in [1.165, 1.54) is 32.6 Å². The summed E-state index contributed by atoms with van der Waals surface area (Å²) in [4.78, 5) is 0. The first-order chi connectivity index (χ1) is 17.9. The van der Waals surface area contributed by atoms with Crippen LogP contribution in [0.3, 0.4) is 0 Å². The minimum atomic E-state index is 0. The van der Waals surface area contributed by atoms with Gasteiger partial charge in [0.1, 0.15) is 0 Å². The maximum Gasteiger partial charge on any atom is 0.0711 e. The molecule has 0 bridgehead atoms. The number of benzene rings is 5. The molecule has 0 fully saturated rings. The summed E-state index contributed by atoms with van der Waals surface area (Å²) >= 11 is 0. The Labute approximate surface area is 226 Å². The summed E-state index contributed by atoms with van der Waals surface area (Å²) in [5.74, 6) is 0. The minimum Gasteiger partial charge on any atom is -0.309 e. The molecule has 0 saturated carbocycles. The Balaban J connectivity index is 0.00000231. The molecule has 3 aromatic heterocycles. The van der Waals surface area contributed by atoms with E-state index in [1.807, 2.05) is 10.7 Å². The zero-order chi connectivity index (χ0) is 23.6. The molecule has 5 aromatic carbocycles. The van der Waals surface area contributed by atoms with Crippen LogP contribution in [0.25, 0.3) is 65.8 Å². The average molecular weight is 651 g/mol. The van der Waals surface area contributed by atoms with Crippen LogP contribution in [-0.2, 0) is 20.1 Å². The first kappa shape index (κ1) is 22.0. The molecule has 37 heavy (non-hydrogen) atoms. The molecule has 0 atom stereocenters. The molecule has 0 aliphatic rings. The minimum absolute atomic E-state index is 0. The Kier molecular flexibility index (Phi) is 5.00. The third-order valence-corrected chi connectivity index (χ3v) is 7.28. The van der Waals surface area contributed by atoms with Crippen LogP contribution >= 0.6 is 0 Å². The van der Waals surface area contributed by atoms with E-state index >= 15 is 0 Å². The molecule has 0 aliphatic carbocycles. The van der Waals surface area contributed by atoms with Crippen molar-refractivity contribution < 1.29 is 20.1 Å². The van der Waals surface area contributed by atoms with Crippen molar-refractivity contribution in [1.82, 2.24) is 14.2 Å². The number of nitrogens with zero attached hydrogens (tertiary/aromatic N) is 3. The summed E-state index contributed by atoms with van der Waals surface area (Å²) in [6.45, 7) is 0. The molecule has 4 heteroatoms. The van der Waals surface area contributed by atoms with Gasteiger partial charge in [0.25, 0.3) is 0 Å². The van der Waals surface area contributed by atoms with Crippen LogP contribution in [0.4, 0.5) is 0 Å². The number of aromatic nitrogens is 3. The molecular weight excluding hydrogens is 631 g/mol. The Hall–Kier alpha value is -4.24. The topological polar surface area (TPSA) is 22.2 Å². The van der Waals surface area contributed by atoms with Crippen molar-refractivity contribution in [3.8, 4) is 16.8 Å². The molecule has 3 heterocycles. The molecule has 8 aromatic rings. The van der Waals surface area contributed by atoms with Crippen molar-refractivity contribution in [1.29, 1.82) is 0 Å². The summed E-state index contributed by atoms with van der Waals surface area (Å²) in [6.07, 6.45) is 1.86. The largest absolute Gasteiger partial charge is 0.309 e. The van der Waals surface area contributed by atoms with E-state index in [0.29, 0.717) is 0 Å². The second kappa shape index (κ2) is 8.41. The van der Waals surface area contributed by atoms with E-state index in [-0.39, 0.29) is 20.1 Å². The van der Waals surface area contributed by atoms with Gasteiger partial charge in [-0.2, -0.15) is 23.3 Å². The van der Waals surface area contributed by atoms with E-state index in [9.17, 15) is 0 Å². The van der Waals surface area contributed by atoms with Crippen molar-refractivity contribution in [2.75, 3.05) is 0 Å². The summed E-state index contributed by atoms with van der Waals surface area (Å²) in [5, 5.41) is 10.7. The van der Waals surface area contributed by atoms with Crippen LogP contribution in [0, 0.1) is 6.07 Å². The fraction of sp³-hybridized carbons (Fsp3) is 0. The van der Waals surface area contributed by atoms with Gasteiger partial charge in [0.2, 0.25) is 0 Å². The van der Waals surface area contributed by atoms with Crippen molar-refractivity contribution in [2.24, 2.45) is 0 Å². The van der Waals surface area contributed by atoms with Crippen LogP contribution < -0.4 is 0 Å². The van der Waals surface area contributed by atoms with Crippen LogP contribution in [0.2, 0.25) is 0 Å². The predicted molar refractivity (Wildman–Crippen MR) is 149 cm³/mol. The molecule has 8 rings (SSSR count). The maximum absolute atomic E-state index is 4.59. The molecule has 0 amide bonds. The molecule has 0 spiro atoms. The van der Waals surface area contributed by atoms with Gasteiger partial charge in [0.05, 0.1) is 16.6 Å². The zero-order valence-corrected chi connectivity index (χ0v) is 22.1. The summed E-state index contributed by atoms with van der Waals surface area (Å²) in [5.41, 5.74) is 7.99. The second-order valence-electron chi connectivity index (χ2n) is 9.24. The SMILES string of the molecule is [Ir].[c-]1cc(-c2cccc(-n3c4ccccc4c4ccccc43)c2)cc2c3ccccc3c3ccnn3c12. The number of fused-ring (bicyclic) bond motifs is 9. The second-order valence-corrected chi connectivity index (χ2v) is 9.24. The van der Waals surface area contributed by atoms with Crippen LogP contribution in [-0.4, -0.2) is 14.2 Å². The Morgan fingerprint density at radius 2 is 1.19 bits per heavy atom. The van der Waals surface area contributed by atoms with Gasteiger partial charge in [-0.25, -0.2) is 0 Å². The summed E-state index contributed by atoms with van der Waals surface area (Å²) in [7, 11) is 0. The number of rotatable bonds is 2. The summed E-state index contributed by atoms with van der Waals surface area (Å²) < 4.78 is 4.36. The van der Waals surface area contributed by atoms with Gasteiger partial charge in [-0.3, -0.25) is 4.52 Å².